The molecule has 1 N–H and O–H groups in total. The molecule has 1 radical (unpaired) electrons. The number of hydrogen-bond donors (Lipinski definition) is 1. The van der Waals surface area contributed by atoms with Crippen LogP contribution in [0.15, 0.2) is 23.6 Å². The molecule has 1 heterocycles. The molecule has 0 unspecified atom stereocenters. The molecule has 0 spiro atoms. The molecule has 55 valence electrons. The van der Waals surface area contributed by atoms with Gasteiger partial charge in [-0.05, 0) is 0 Å². The van der Waals surface area contributed by atoms with E-state index in [1.165, 1.54) is 12.4 Å². The van der Waals surface area contributed by atoms with Gasteiger partial charge in [-0.2, -0.15) is 8.42 Å². The summed E-state index contributed by atoms with van der Waals surface area (Å²) in [5.41, 5.74) is 0. The van der Waals surface area contributed by atoms with E-state index < -0.39 is 15.1 Å². The van der Waals surface area contributed by atoms with Gasteiger partial charge in [-0.1, -0.05) is 0 Å². The monoisotopic (exact) mass is 183 g/mol. The van der Waals surface area contributed by atoms with Gasteiger partial charge >= 0.3 is 10.1 Å². The van der Waals surface area contributed by atoms with Crippen LogP contribution in [0.3, 0.4) is 0 Å². The molecule has 5 nitrogen and oxygen atoms in total. The Hall–Kier alpha value is -0.0100. The van der Waals surface area contributed by atoms with Crippen molar-refractivity contribution in [1.82, 2.24) is 9.97 Å². The Bertz CT molecular complexity index is 311. The van der Waals surface area contributed by atoms with E-state index in [4.69, 9.17) is 4.55 Å². The summed E-state index contributed by atoms with van der Waals surface area (Å²) in [6, 6.07) is 0. The summed E-state index contributed by atoms with van der Waals surface area (Å²) in [6.45, 7) is 0. The van der Waals surface area contributed by atoms with Gasteiger partial charge in [-0.15, -0.1) is 0 Å². The van der Waals surface area contributed by atoms with Gasteiger partial charge < -0.3 is 0 Å². The van der Waals surface area contributed by atoms with E-state index in [1.807, 2.05) is 0 Å². The number of rotatable bonds is 1. The zero-order chi connectivity index (χ0) is 7.61. The summed E-state index contributed by atoms with van der Waals surface area (Å²) in [5.74, 6) is 0. The maximum Gasteiger partial charge on any atom is 0.313 e. The summed E-state index contributed by atoms with van der Waals surface area (Å²) in [7, 11) is -4.18. The van der Waals surface area contributed by atoms with E-state index in [0.717, 1.165) is 6.20 Å². The minimum absolute atomic E-state index is 0. The summed E-state index contributed by atoms with van der Waals surface area (Å²) in [5, 5.41) is -0.435. The van der Waals surface area contributed by atoms with Gasteiger partial charge in [-0.3, -0.25) is 9.54 Å². The fourth-order valence-electron chi connectivity index (χ4n) is 0.419. The van der Waals surface area contributed by atoms with Crippen molar-refractivity contribution >= 4 is 39.7 Å². The van der Waals surface area contributed by atoms with E-state index in [9.17, 15) is 8.42 Å². The molecular formula is C4H4N2NaO3S. The van der Waals surface area contributed by atoms with Gasteiger partial charge in [0.2, 0.25) is 5.03 Å². The van der Waals surface area contributed by atoms with Crippen LogP contribution in [0.25, 0.3) is 0 Å². The second-order valence-corrected chi connectivity index (χ2v) is 2.89. The molecule has 0 aromatic carbocycles. The van der Waals surface area contributed by atoms with Crippen LogP contribution in [0.2, 0.25) is 0 Å². The molecule has 11 heavy (non-hydrogen) atoms. The third-order valence-corrected chi connectivity index (χ3v) is 1.54. The Morgan fingerprint density at radius 2 is 2.00 bits per heavy atom. The zero-order valence-corrected chi connectivity index (χ0v) is 8.61. The van der Waals surface area contributed by atoms with Crippen LogP contribution in [0.1, 0.15) is 0 Å². The fourth-order valence-corrected chi connectivity index (χ4v) is 0.807. The molecule has 0 aliphatic heterocycles. The molecule has 0 atom stereocenters. The predicted octanol–water partition coefficient (Wildman–Crippen LogP) is -0.657. The SMILES string of the molecule is O=S(=O)(O)c1cnccn1.[Na]. The summed E-state index contributed by atoms with van der Waals surface area (Å²) >= 11 is 0. The number of nitrogens with zero attached hydrogens (tertiary/aromatic N) is 2. The van der Waals surface area contributed by atoms with Gasteiger partial charge in [0.05, 0.1) is 6.20 Å². The first kappa shape index (κ1) is 11.0. The maximum absolute atomic E-state index is 10.3. The van der Waals surface area contributed by atoms with Gasteiger partial charge in [0.15, 0.2) is 0 Å². The van der Waals surface area contributed by atoms with Crippen molar-refractivity contribution < 1.29 is 13.0 Å². The Morgan fingerprint density at radius 3 is 2.27 bits per heavy atom. The third-order valence-electron chi connectivity index (χ3n) is 0.804. The molecule has 1 aromatic heterocycles. The molecule has 7 heteroatoms. The van der Waals surface area contributed by atoms with Gasteiger partial charge in [-0.25, -0.2) is 4.98 Å². The summed E-state index contributed by atoms with van der Waals surface area (Å²) < 4.78 is 28.9. The topological polar surface area (TPSA) is 80.2 Å². The summed E-state index contributed by atoms with van der Waals surface area (Å²) in [6.07, 6.45) is 3.47. The molecule has 1 aromatic rings. The molecule has 0 saturated heterocycles. The first-order valence-electron chi connectivity index (χ1n) is 2.34. The molecule has 0 aliphatic rings. The molecule has 1 rings (SSSR count). The third kappa shape index (κ3) is 3.26. The van der Waals surface area contributed by atoms with Crippen LogP contribution in [-0.4, -0.2) is 52.5 Å². The van der Waals surface area contributed by atoms with Gasteiger partial charge in [0.25, 0.3) is 0 Å². The van der Waals surface area contributed by atoms with Crippen molar-refractivity contribution in [3.8, 4) is 0 Å². The van der Waals surface area contributed by atoms with Crippen molar-refractivity contribution in [1.29, 1.82) is 0 Å². The fraction of sp³-hybridized carbons (Fsp3) is 0. The van der Waals surface area contributed by atoms with Crippen molar-refractivity contribution in [2.24, 2.45) is 0 Å². The maximum atomic E-state index is 10.3. The molecule has 0 fully saturated rings. The summed E-state index contributed by atoms with van der Waals surface area (Å²) in [4.78, 5) is 6.80. The molecule has 0 bridgehead atoms. The second kappa shape index (κ2) is 4.13. The molecule has 0 aliphatic carbocycles. The first-order valence-corrected chi connectivity index (χ1v) is 3.78. The van der Waals surface area contributed by atoms with Crippen LogP contribution in [0, 0.1) is 0 Å². The average Bonchev–Trinajstić information content (AvgIpc) is 1.88. The van der Waals surface area contributed by atoms with Gasteiger partial charge in [0, 0.05) is 42.0 Å². The van der Waals surface area contributed by atoms with E-state index in [2.05, 4.69) is 9.97 Å². The smallest absolute Gasteiger partial charge is 0.281 e. The van der Waals surface area contributed by atoms with Crippen LogP contribution in [-0.2, 0) is 10.1 Å². The Labute approximate surface area is 85.9 Å². The first-order chi connectivity index (χ1) is 4.61. The van der Waals surface area contributed by atoms with E-state index >= 15 is 0 Å². The second-order valence-electron chi connectivity index (χ2n) is 1.52. The van der Waals surface area contributed by atoms with Crippen molar-refractivity contribution in [2.45, 2.75) is 5.03 Å². The van der Waals surface area contributed by atoms with Crippen molar-refractivity contribution in [2.75, 3.05) is 0 Å². The van der Waals surface area contributed by atoms with Crippen LogP contribution in [0.4, 0.5) is 0 Å². The average molecular weight is 183 g/mol. The predicted molar refractivity (Wildman–Crippen MR) is 37.6 cm³/mol. The number of aromatic nitrogens is 2. The van der Waals surface area contributed by atoms with Crippen molar-refractivity contribution in [3.05, 3.63) is 18.6 Å². The van der Waals surface area contributed by atoms with Crippen LogP contribution < -0.4 is 0 Å². The minimum atomic E-state index is -4.18. The van der Waals surface area contributed by atoms with Crippen molar-refractivity contribution in [3.63, 3.8) is 0 Å². The Morgan fingerprint density at radius 1 is 1.36 bits per heavy atom. The number of hydrogen-bond acceptors (Lipinski definition) is 4. The quantitative estimate of drug-likeness (QED) is 0.462. The van der Waals surface area contributed by atoms with E-state index in [1.54, 1.807) is 0 Å². The standard InChI is InChI=1S/C4H4N2O3S.Na/c7-10(8,9)4-3-5-1-2-6-4;/h1-3H,(H,7,8,9);. The Kier molecular flexibility index (Phi) is 4.12. The van der Waals surface area contributed by atoms with Crippen LogP contribution in [0.5, 0.6) is 0 Å². The Balaban J connectivity index is 0.000001000. The molecule has 0 saturated carbocycles. The van der Waals surface area contributed by atoms with E-state index in [-0.39, 0.29) is 29.6 Å². The molecular weight excluding hydrogens is 179 g/mol. The van der Waals surface area contributed by atoms with Gasteiger partial charge in [0.1, 0.15) is 0 Å². The van der Waals surface area contributed by atoms with Crippen LogP contribution >= 0.6 is 0 Å². The normalized spacial score (nSPS) is 10.3. The molecule has 0 amide bonds. The zero-order valence-electron chi connectivity index (χ0n) is 5.80. The van der Waals surface area contributed by atoms with E-state index in [0.29, 0.717) is 0 Å². The largest absolute Gasteiger partial charge is 0.313 e. The minimum Gasteiger partial charge on any atom is -0.281 e.